The van der Waals surface area contributed by atoms with Crippen LogP contribution < -0.4 is 9.79 Å². The predicted octanol–water partition coefficient (Wildman–Crippen LogP) is 0.961. The van der Waals surface area contributed by atoms with Gasteiger partial charge in [-0.15, -0.1) is 0 Å². The van der Waals surface area contributed by atoms with Crippen LogP contribution in [0.3, 0.4) is 0 Å². The van der Waals surface area contributed by atoms with Crippen molar-refractivity contribution in [2.75, 3.05) is 0 Å². The number of aldehydes is 1. The maximum Gasteiger partial charge on any atom is 0.303 e. The lowest BCUT2D eigenvalue weighted by molar-refractivity contribution is -0.671. The molecule has 0 radical (unpaired) electrons. The fraction of sp³-hybridized carbons (Fsp3) is 0.250. The highest BCUT2D eigenvalue weighted by Gasteiger charge is 2.19. The lowest BCUT2D eigenvalue weighted by Crippen LogP contribution is -2.36. The monoisotopic (exact) mass is 232 g/mol. The number of rotatable bonds is 3. The van der Waals surface area contributed by atoms with Crippen LogP contribution in [-0.4, -0.2) is 11.6 Å². The van der Waals surface area contributed by atoms with Gasteiger partial charge in [0.05, 0.1) is 5.27 Å². The highest BCUT2D eigenvalue weighted by atomic mass is 16.6. The molecule has 0 fully saturated rings. The zero-order chi connectivity index (χ0) is 12.4. The van der Waals surface area contributed by atoms with Crippen LogP contribution >= 0.6 is 0 Å². The molecule has 0 unspecified atom stereocenters. The van der Waals surface area contributed by atoms with Gasteiger partial charge in [0.2, 0.25) is 12.0 Å². The third-order valence-electron chi connectivity index (χ3n) is 2.56. The van der Waals surface area contributed by atoms with E-state index in [1.165, 1.54) is 10.2 Å². The Morgan fingerprint density at radius 2 is 2.00 bits per heavy atom. The Labute approximate surface area is 98.3 Å². The first kappa shape index (κ1) is 11.3. The van der Waals surface area contributed by atoms with E-state index in [2.05, 4.69) is 23.6 Å². The van der Waals surface area contributed by atoms with Crippen LogP contribution in [0.2, 0.25) is 0 Å². The van der Waals surface area contributed by atoms with Crippen LogP contribution in [0, 0.1) is 0 Å². The second-order valence-corrected chi connectivity index (χ2v) is 4.02. The molecular weight excluding hydrogens is 220 g/mol. The maximum atomic E-state index is 11.1. The average Bonchev–Trinajstić information content (AvgIpc) is 2.70. The molecule has 5 heteroatoms. The van der Waals surface area contributed by atoms with E-state index in [1.54, 1.807) is 12.1 Å². The molecule has 2 rings (SSSR count). The maximum absolute atomic E-state index is 11.1. The van der Waals surface area contributed by atoms with Gasteiger partial charge in [-0.3, -0.25) is 4.79 Å². The highest BCUT2D eigenvalue weighted by Crippen LogP contribution is 2.15. The number of hydrogen-bond donors (Lipinski definition) is 0. The first-order valence-corrected chi connectivity index (χ1v) is 5.28. The zero-order valence-corrected chi connectivity index (χ0v) is 9.58. The number of benzene rings is 1. The Kier molecular flexibility index (Phi) is 2.91. The lowest BCUT2D eigenvalue weighted by atomic mass is 10.0. The summed E-state index contributed by atoms with van der Waals surface area (Å²) in [6, 6.07) is 7.45. The topological polar surface area (TPSA) is 70.0 Å². The summed E-state index contributed by atoms with van der Waals surface area (Å²) < 4.78 is 5.64. The van der Waals surface area contributed by atoms with Crippen molar-refractivity contribution in [1.82, 2.24) is 5.27 Å². The molecule has 5 nitrogen and oxygen atoms in total. The van der Waals surface area contributed by atoms with Crippen molar-refractivity contribution < 1.29 is 19.1 Å². The molecule has 0 saturated carbocycles. The smallest absolute Gasteiger partial charge is 0.303 e. The molecule has 0 amide bonds. The number of aromatic nitrogens is 2. The Hall–Kier alpha value is -2.17. The minimum atomic E-state index is -0.729. The van der Waals surface area contributed by atoms with E-state index in [1.807, 2.05) is 12.1 Å². The Balaban J connectivity index is 2.43. The molecule has 0 aliphatic rings. The van der Waals surface area contributed by atoms with Crippen molar-refractivity contribution in [1.29, 1.82) is 0 Å². The van der Waals surface area contributed by atoms with Gasteiger partial charge in [-0.25, -0.2) is 0 Å². The molecule has 17 heavy (non-hydrogen) atoms. The normalized spacial score (nSPS) is 10.8. The summed E-state index contributed by atoms with van der Waals surface area (Å²) in [7, 11) is 0. The van der Waals surface area contributed by atoms with Crippen LogP contribution in [0.25, 0.3) is 5.69 Å². The van der Waals surface area contributed by atoms with Gasteiger partial charge >= 0.3 is 5.69 Å². The molecule has 88 valence electrons. The molecule has 1 aromatic heterocycles. The highest BCUT2D eigenvalue weighted by molar-refractivity contribution is 5.72. The number of nitrogens with zero attached hydrogens (tertiary/aromatic N) is 2. The molecular formula is C12H12N2O3. The van der Waals surface area contributed by atoms with E-state index in [4.69, 9.17) is 0 Å². The average molecular weight is 232 g/mol. The van der Waals surface area contributed by atoms with Crippen molar-refractivity contribution in [2.24, 2.45) is 0 Å². The van der Waals surface area contributed by atoms with Gasteiger partial charge < -0.3 is 9.63 Å². The Bertz CT molecular complexity index is 529. The van der Waals surface area contributed by atoms with Crippen molar-refractivity contribution in [3.63, 3.8) is 0 Å². The van der Waals surface area contributed by atoms with Crippen molar-refractivity contribution in [3.05, 3.63) is 35.5 Å². The summed E-state index contributed by atoms with van der Waals surface area (Å²) in [4.78, 5) is 10.7. The summed E-state index contributed by atoms with van der Waals surface area (Å²) in [5, 5.41) is 14.7. The summed E-state index contributed by atoms with van der Waals surface area (Å²) in [5.41, 5.74) is 1.69. The third kappa shape index (κ3) is 2.04. The van der Waals surface area contributed by atoms with E-state index in [0.29, 0.717) is 17.9 Å². The minimum absolute atomic E-state index is 0.109. The number of hydrogen-bond acceptors (Lipinski definition) is 4. The summed E-state index contributed by atoms with van der Waals surface area (Å²) in [6.07, 6.45) is 0.440. The molecule has 1 heterocycles. The molecule has 0 aliphatic heterocycles. The van der Waals surface area contributed by atoms with E-state index >= 15 is 0 Å². The first-order chi connectivity index (χ1) is 8.13. The molecule has 0 aliphatic carbocycles. The van der Waals surface area contributed by atoms with Gasteiger partial charge in [-0.1, -0.05) is 26.0 Å². The molecule has 0 N–H and O–H groups in total. The quantitative estimate of drug-likeness (QED) is 0.583. The third-order valence-corrected chi connectivity index (χ3v) is 2.56. The van der Waals surface area contributed by atoms with Crippen LogP contribution in [0.15, 0.2) is 28.8 Å². The van der Waals surface area contributed by atoms with E-state index in [-0.39, 0.29) is 5.69 Å². The predicted molar refractivity (Wildman–Crippen MR) is 57.0 cm³/mol. The first-order valence-electron chi connectivity index (χ1n) is 5.28. The van der Waals surface area contributed by atoms with Crippen molar-refractivity contribution >= 4 is 6.29 Å². The van der Waals surface area contributed by atoms with E-state index < -0.39 is 5.95 Å². The summed E-state index contributed by atoms with van der Waals surface area (Å²) >= 11 is 0. The van der Waals surface area contributed by atoms with Crippen LogP contribution in [0.4, 0.5) is 0 Å². The molecule has 0 bridgehead atoms. The Morgan fingerprint density at radius 1 is 1.35 bits per heavy atom. The molecule has 0 atom stereocenters. The SMILES string of the molecule is CC(C)c1ccc(-[n+]2noc([O-])c2C=O)cc1. The van der Waals surface area contributed by atoms with Gasteiger partial charge in [-0.2, -0.15) is 0 Å². The Morgan fingerprint density at radius 3 is 2.53 bits per heavy atom. The van der Waals surface area contributed by atoms with Crippen LogP contribution in [-0.2, 0) is 0 Å². The van der Waals surface area contributed by atoms with Crippen molar-refractivity contribution in [3.8, 4) is 11.6 Å². The van der Waals surface area contributed by atoms with Gasteiger partial charge in [-0.05, 0) is 16.2 Å². The molecule has 1 aromatic carbocycles. The molecule has 0 saturated heterocycles. The van der Waals surface area contributed by atoms with Gasteiger partial charge in [0, 0.05) is 12.1 Å². The lowest BCUT2D eigenvalue weighted by Gasteiger charge is -2.03. The molecule has 2 aromatic rings. The second kappa shape index (κ2) is 4.37. The van der Waals surface area contributed by atoms with Gasteiger partial charge in [0.1, 0.15) is 0 Å². The fourth-order valence-electron chi connectivity index (χ4n) is 1.54. The van der Waals surface area contributed by atoms with Crippen molar-refractivity contribution in [2.45, 2.75) is 19.8 Å². The summed E-state index contributed by atoms with van der Waals surface area (Å²) in [5.74, 6) is -0.306. The minimum Gasteiger partial charge on any atom is -0.539 e. The fourth-order valence-corrected chi connectivity index (χ4v) is 1.54. The number of carbonyl (C=O) groups excluding carboxylic acids is 1. The standard InChI is InChI=1S/C12H12N2O3/c1-8(2)9-3-5-10(6-4-9)14-11(7-15)12(16)17-13-14/h3-8H,1-2H3. The van der Waals surface area contributed by atoms with E-state index in [0.717, 1.165) is 0 Å². The summed E-state index contributed by atoms with van der Waals surface area (Å²) in [6.45, 7) is 4.18. The number of carbonyl (C=O) groups is 1. The molecule has 0 spiro atoms. The zero-order valence-electron chi connectivity index (χ0n) is 9.58. The van der Waals surface area contributed by atoms with E-state index in [9.17, 15) is 9.90 Å². The largest absolute Gasteiger partial charge is 0.539 e. The van der Waals surface area contributed by atoms with Crippen LogP contribution in [0.1, 0.15) is 35.8 Å². The second-order valence-electron chi connectivity index (χ2n) is 4.02. The van der Waals surface area contributed by atoms with Gasteiger partial charge in [0.25, 0.3) is 0 Å². The van der Waals surface area contributed by atoms with Crippen LogP contribution in [0.5, 0.6) is 5.95 Å². The van der Waals surface area contributed by atoms with Gasteiger partial charge in [0.15, 0.2) is 5.95 Å².